The Kier molecular flexibility index (Phi) is 4.85. The molecule has 0 atom stereocenters. The molecule has 0 bridgehead atoms. The Labute approximate surface area is 161 Å². The van der Waals surface area contributed by atoms with E-state index in [-0.39, 0.29) is 5.92 Å². The molecular weight excluding hydrogens is 360 g/mol. The summed E-state index contributed by atoms with van der Waals surface area (Å²) in [6, 6.07) is 16.1. The second-order valence-corrected chi connectivity index (χ2v) is 7.34. The number of thioether (sulfide) groups is 1. The maximum absolute atomic E-state index is 5.72. The van der Waals surface area contributed by atoms with E-state index in [1.165, 1.54) is 0 Å². The number of rotatable bonds is 6. The number of aromatic nitrogens is 4. The van der Waals surface area contributed by atoms with E-state index in [0.717, 1.165) is 27.6 Å². The van der Waals surface area contributed by atoms with Crippen LogP contribution in [0.25, 0.3) is 16.7 Å². The quantitative estimate of drug-likeness (QED) is 0.446. The van der Waals surface area contributed by atoms with Gasteiger partial charge in [0.1, 0.15) is 5.75 Å². The minimum atomic E-state index is 0.222. The summed E-state index contributed by atoms with van der Waals surface area (Å²) in [5.74, 6) is 2.88. The van der Waals surface area contributed by atoms with E-state index in [9.17, 15) is 0 Å². The summed E-state index contributed by atoms with van der Waals surface area (Å²) in [6.07, 6.45) is 0. The SMILES string of the molecule is COc1ccc(-n2c(SCc3nnc(C(C)C)o3)nc3ccccc32)cc1. The molecule has 4 rings (SSSR count). The van der Waals surface area contributed by atoms with Crippen molar-refractivity contribution in [1.82, 2.24) is 19.7 Å². The van der Waals surface area contributed by atoms with Crippen molar-refractivity contribution in [3.63, 3.8) is 0 Å². The normalized spacial score (nSPS) is 11.4. The van der Waals surface area contributed by atoms with E-state index in [1.54, 1.807) is 18.9 Å². The molecule has 138 valence electrons. The Morgan fingerprint density at radius 1 is 1.07 bits per heavy atom. The number of hydrogen-bond acceptors (Lipinski definition) is 6. The van der Waals surface area contributed by atoms with Gasteiger partial charge in [-0.05, 0) is 36.4 Å². The van der Waals surface area contributed by atoms with Crippen LogP contribution in [0.3, 0.4) is 0 Å². The van der Waals surface area contributed by atoms with Gasteiger partial charge in [0.15, 0.2) is 5.16 Å². The van der Waals surface area contributed by atoms with Crippen LogP contribution < -0.4 is 4.74 Å². The molecule has 0 N–H and O–H groups in total. The molecule has 0 saturated heterocycles. The van der Waals surface area contributed by atoms with Gasteiger partial charge in [-0.1, -0.05) is 37.7 Å². The molecule has 0 aliphatic rings. The summed E-state index contributed by atoms with van der Waals surface area (Å²) in [7, 11) is 1.67. The number of fused-ring (bicyclic) bond motifs is 1. The lowest BCUT2D eigenvalue weighted by Gasteiger charge is -2.09. The van der Waals surface area contributed by atoms with Crippen molar-refractivity contribution in [2.75, 3.05) is 7.11 Å². The average molecular weight is 380 g/mol. The van der Waals surface area contributed by atoms with Crippen LogP contribution in [-0.2, 0) is 5.75 Å². The van der Waals surface area contributed by atoms with E-state index in [1.807, 2.05) is 56.3 Å². The Morgan fingerprint density at radius 3 is 2.56 bits per heavy atom. The summed E-state index contributed by atoms with van der Waals surface area (Å²) in [6.45, 7) is 4.07. The molecule has 0 radical (unpaired) electrons. The first-order valence-corrected chi connectivity index (χ1v) is 9.71. The zero-order chi connectivity index (χ0) is 18.8. The van der Waals surface area contributed by atoms with Crippen molar-refractivity contribution < 1.29 is 9.15 Å². The summed E-state index contributed by atoms with van der Waals surface area (Å²) < 4.78 is 13.1. The average Bonchev–Trinajstić information content (AvgIpc) is 3.31. The molecular formula is C20H20N4O2S. The van der Waals surface area contributed by atoms with Gasteiger partial charge in [0.05, 0.1) is 23.9 Å². The van der Waals surface area contributed by atoms with Crippen LogP contribution in [0.1, 0.15) is 31.5 Å². The second-order valence-electron chi connectivity index (χ2n) is 6.39. The van der Waals surface area contributed by atoms with Gasteiger partial charge in [0.25, 0.3) is 0 Å². The van der Waals surface area contributed by atoms with E-state index in [2.05, 4.69) is 20.8 Å². The number of ether oxygens (including phenoxy) is 1. The van der Waals surface area contributed by atoms with Crippen LogP contribution in [0.15, 0.2) is 58.1 Å². The van der Waals surface area contributed by atoms with Crippen molar-refractivity contribution in [3.8, 4) is 11.4 Å². The summed E-state index contributed by atoms with van der Waals surface area (Å²) >= 11 is 1.58. The van der Waals surface area contributed by atoms with Gasteiger partial charge in [-0.3, -0.25) is 4.57 Å². The Balaban J connectivity index is 1.68. The zero-order valence-electron chi connectivity index (χ0n) is 15.4. The standard InChI is InChI=1S/C20H20N4O2S/c1-13(2)19-23-22-18(26-19)12-27-20-21-16-6-4-5-7-17(16)24(20)14-8-10-15(25-3)11-9-14/h4-11,13H,12H2,1-3H3. The van der Waals surface area contributed by atoms with Crippen LogP contribution in [0.5, 0.6) is 5.75 Å². The van der Waals surface area contributed by atoms with Gasteiger partial charge in [0, 0.05) is 11.6 Å². The van der Waals surface area contributed by atoms with Crippen molar-refractivity contribution >= 4 is 22.8 Å². The van der Waals surface area contributed by atoms with E-state index < -0.39 is 0 Å². The fourth-order valence-corrected chi connectivity index (χ4v) is 3.63. The molecule has 0 fully saturated rings. The first-order valence-electron chi connectivity index (χ1n) is 8.72. The van der Waals surface area contributed by atoms with Gasteiger partial charge in [-0.15, -0.1) is 10.2 Å². The predicted octanol–water partition coefficient (Wildman–Crippen LogP) is 4.83. The molecule has 27 heavy (non-hydrogen) atoms. The summed E-state index contributed by atoms with van der Waals surface area (Å²) in [4.78, 5) is 4.79. The smallest absolute Gasteiger partial charge is 0.226 e. The van der Waals surface area contributed by atoms with Crippen molar-refractivity contribution in [2.24, 2.45) is 0 Å². The molecule has 0 unspecified atom stereocenters. The summed E-state index contributed by atoms with van der Waals surface area (Å²) in [5, 5.41) is 9.12. The minimum Gasteiger partial charge on any atom is -0.497 e. The lowest BCUT2D eigenvalue weighted by molar-refractivity contribution is 0.414. The van der Waals surface area contributed by atoms with Gasteiger partial charge in [-0.2, -0.15) is 0 Å². The van der Waals surface area contributed by atoms with Gasteiger partial charge in [-0.25, -0.2) is 4.98 Å². The topological polar surface area (TPSA) is 66.0 Å². The first kappa shape index (κ1) is 17.6. The lowest BCUT2D eigenvalue weighted by Crippen LogP contribution is -1.97. The maximum atomic E-state index is 5.72. The fraction of sp³-hybridized carbons (Fsp3) is 0.250. The minimum absolute atomic E-state index is 0.222. The number of methoxy groups -OCH3 is 1. The third-order valence-electron chi connectivity index (χ3n) is 4.16. The molecule has 2 aromatic carbocycles. The second kappa shape index (κ2) is 7.44. The Morgan fingerprint density at radius 2 is 1.85 bits per heavy atom. The molecule has 0 aliphatic heterocycles. The molecule has 6 nitrogen and oxygen atoms in total. The molecule has 0 saturated carbocycles. The van der Waals surface area contributed by atoms with Crippen molar-refractivity contribution in [2.45, 2.75) is 30.7 Å². The molecule has 0 spiro atoms. The lowest BCUT2D eigenvalue weighted by atomic mass is 10.2. The van der Waals surface area contributed by atoms with Gasteiger partial charge < -0.3 is 9.15 Å². The summed E-state index contributed by atoms with van der Waals surface area (Å²) in [5.41, 5.74) is 3.03. The van der Waals surface area contributed by atoms with Crippen molar-refractivity contribution in [3.05, 3.63) is 60.3 Å². The third-order valence-corrected chi connectivity index (χ3v) is 5.09. The number of para-hydroxylation sites is 2. The van der Waals surface area contributed by atoms with Crippen LogP contribution in [-0.4, -0.2) is 26.9 Å². The van der Waals surface area contributed by atoms with Crippen LogP contribution in [0.4, 0.5) is 0 Å². The number of benzene rings is 2. The fourth-order valence-electron chi connectivity index (χ4n) is 2.77. The maximum Gasteiger partial charge on any atom is 0.226 e. The molecule has 2 aromatic heterocycles. The Hall–Kier alpha value is -2.80. The first-order chi connectivity index (χ1) is 13.2. The number of imidazole rings is 1. The molecule has 2 heterocycles. The molecule has 4 aromatic rings. The predicted molar refractivity (Wildman–Crippen MR) is 106 cm³/mol. The van der Waals surface area contributed by atoms with E-state index in [0.29, 0.717) is 17.5 Å². The van der Waals surface area contributed by atoms with Crippen LogP contribution in [0, 0.1) is 0 Å². The highest BCUT2D eigenvalue weighted by Gasteiger charge is 2.15. The van der Waals surface area contributed by atoms with Crippen LogP contribution >= 0.6 is 11.8 Å². The van der Waals surface area contributed by atoms with E-state index >= 15 is 0 Å². The van der Waals surface area contributed by atoms with E-state index in [4.69, 9.17) is 14.1 Å². The van der Waals surface area contributed by atoms with Gasteiger partial charge in [0.2, 0.25) is 11.8 Å². The highest BCUT2D eigenvalue weighted by Crippen LogP contribution is 2.30. The highest BCUT2D eigenvalue weighted by molar-refractivity contribution is 7.98. The number of nitrogens with zero attached hydrogens (tertiary/aromatic N) is 4. The third kappa shape index (κ3) is 3.55. The molecule has 7 heteroatoms. The highest BCUT2D eigenvalue weighted by atomic mass is 32.2. The largest absolute Gasteiger partial charge is 0.497 e. The molecule has 0 aliphatic carbocycles. The Bertz CT molecular complexity index is 1050. The monoisotopic (exact) mass is 380 g/mol. The zero-order valence-corrected chi connectivity index (χ0v) is 16.2. The molecule has 0 amide bonds. The van der Waals surface area contributed by atoms with Crippen LogP contribution in [0.2, 0.25) is 0 Å². The number of hydrogen-bond donors (Lipinski definition) is 0. The van der Waals surface area contributed by atoms with Crippen molar-refractivity contribution in [1.29, 1.82) is 0 Å². The van der Waals surface area contributed by atoms with Gasteiger partial charge >= 0.3 is 0 Å².